The van der Waals surface area contributed by atoms with Crippen molar-refractivity contribution in [1.82, 2.24) is 15.5 Å². The lowest BCUT2D eigenvalue weighted by Crippen LogP contribution is -2.58. The maximum absolute atomic E-state index is 12.2. The van der Waals surface area contributed by atoms with E-state index in [2.05, 4.69) is 29.4 Å². The molecule has 0 aromatic carbocycles. The normalized spacial score (nSPS) is 25.2. The fourth-order valence-corrected chi connectivity index (χ4v) is 2.26. The zero-order valence-corrected chi connectivity index (χ0v) is 14.1. The Morgan fingerprint density at radius 3 is 2.52 bits per heavy atom. The molecular weight excluding hydrogens is 270 g/mol. The molecule has 6 nitrogen and oxygen atoms in total. The van der Waals surface area contributed by atoms with Crippen LogP contribution in [0.5, 0.6) is 0 Å². The fraction of sp³-hybridized carbons (Fsp3) is 0.867. The Hall–Kier alpha value is -1.14. The number of urea groups is 1. The molecule has 0 aliphatic carbocycles. The van der Waals surface area contributed by atoms with Gasteiger partial charge in [-0.05, 0) is 41.0 Å². The SMILES string of the molecule is CC[C@]1(C)CN([C@@H](C)C(=O)NC(=O)NC(C)(C)C)CCO1. The monoisotopic (exact) mass is 299 g/mol. The quantitative estimate of drug-likeness (QED) is 0.828. The van der Waals surface area contributed by atoms with Crippen molar-refractivity contribution in [1.29, 1.82) is 0 Å². The first-order valence-electron chi connectivity index (χ1n) is 7.57. The van der Waals surface area contributed by atoms with Crippen LogP contribution in [0.1, 0.15) is 48.0 Å². The Morgan fingerprint density at radius 1 is 1.38 bits per heavy atom. The molecule has 3 amide bonds. The van der Waals surface area contributed by atoms with E-state index in [1.54, 1.807) is 0 Å². The van der Waals surface area contributed by atoms with Gasteiger partial charge < -0.3 is 10.1 Å². The molecule has 0 unspecified atom stereocenters. The highest BCUT2D eigenvalue weighted by atomic mass is 16.5. The van der Waals surface area contributed by atoms with Crippen molar-refractivity contribution in [3.8, 4) is 0 Å². The number of ether oxygens (including phenoxy) is 1. The van der Waals surface area contributed by atoms with Crippen LogP contribution in [-0.2, 0) is 9.53 Å². The zero-order chi connectivity index (χ0) is 16.3. The molecule has 0 aromatic rings. The number of carbonyl (C=O) groups excluding carboxylic acids is 2. The van der Waals surface area contributed by atoms with Crippen LogP contribution in [0, 0.1) is 0 Å². The minimum atomic E-state index is -0.453. The van der Waals surface area contributed by atoms with E-state index in [1.807, 2.05) is 27.7 Å². The van der Waals surface area contributed by atoms with Gasteiger partial charge in [0.25, 0.3) is 0 Å². The van der Waals surface area contributed by atoms with E-state index in [0.29, 0.717) is 19.7 Å². The van der Waals surface area contributed by atoms with Crippen LogP contribution >= 0.6 is 0 Å². The molecule has 2 N–H and O–H groups in total. The number of amides is 3. The standard InChI is InChI=1S/C15H29N3O3/c1-7-15(6)10-18(8-9-21-15)11(2)12(19)16-13(20)17-14(3,4)5/h11H,7-10H2,1-6H3,(H2,16,17,19,20)/t11-,15+/m0/s1. The lowest BCUT2D eigenvalue weighted by molar-refractivity contribution is -0.135. The fourth-order valence-electron chi connectivity index (χ4n) is 2.26. The second-order valence-electron chi connectivity index (χ2n) is 6.99. The molecule has 1 aliphatic heterocycles. The number of hydrogen-bond acceptors (Lipinski definition) is 4. The number of nitrogens with one attached hydrogen (secondary N) is 2. The van der Waals surface area contributed by atoms with Crippen LogP contribution < -0.4 is 10.6 Å². The molecule has 122 valence electrons. The van der Waals surface area contributed by atoms with Gasteiger partial charge in [0, 0.05) is 18.6 Å². The average molecular weight is 299 g/mol. The van der Waals surface area contributed by atoms with Gasteiger partial charge >= 0.3 is 6.03 Å². The molecule has 0 spiro atoms. The van der Waals surface area contributed by atoms with Gasteiger partial charge in [0.1, 0.15) is 0 Å². The summed E-state index contributed by atoms with van der Waals surface area (Å²) in [6.07, 6.45) is 0.891. The molecule has 0 bridgehead atoms. The highest BCUT2D eigenvalue weighted by Gasteiger charge is 2.34. The van der Waals surface area contributed by atoms with Gasteiger partial charge in [0.2, 0.25) is 5.91 Å². The highest BCUT2D eigenvalue weighted by molar-refractivity contribution is 5.97. The number of rotatable bonds is 3. The zero-order valence-electron chi connectivity index (χ0n) is 14.1. The lowest BCUT2D eigenvalue weighted by Gasteiger charge is -2.42. The van der Waals surface area contributed by atoms with Crippen molar-refractivity contribution >= 4 is 11.9 Å². The van der Waals surface area contributed by atoms with Gasteiger partial charge in [-0.25, -0.2) is 4.79 Å². The summed E-state index contributed by atoms with van der Waals surface area (Å²) in [4.78, 5) is 26.0. The first-order valence-corrected chi connectivity index (χ1v) is 7.57. The Kier molecular flexibility index (Phi) is 5.75. The second kappa shape index (κ2) is 6.75. The summed E-state index contributed by atoms with van der Waals surface area (Å²) in [6, 6.07) is -0.809. The maximum atomic E-state index is 12.2. The van der Waals surface area contributed by atoms with E-state index in [0.717, 1.165) is 6.42 Å². The van der Waals surface area contributed by atoms with Gasteiger partial charge in [-0.15, -0.1) is 0 Å². The molecule has 0 aromatic heterocycles. The van der Waals surface area contributed by atoms with Crippen LogP contribution in [0.15, 0.2) is 0 Å². The van der Waals surface area contributed by atoms with Crippen LogP contribution in [-0.4, -0.2) is 53.7 Å². The third-order valence-corrected chi connectivity index (χ3v) is 3.77. The summed E-state index contributed by atoms with van der Waals surface area (Å²) in [5.41, 5.74) is -0.589. The summed E-state index contributed by atoms with van der Waals surface area (Å²) >= 11 is 0. The van der Waals surface area contributed by atoms with E-state index in [9.17, 15) is 9.59 Å². The van der Waals surface area contributed by atoms with Gasteiger partial charge in [-0.2, -0.15) is 0 Å². The van der Waals surface area contributed by atoms with E-state index in [1.165, 1.54) is 0 Å². The summed E-state index contributed by atoms with van der Waals surface area (Å²) in [6.45, 7) is 13.6. The molecule has 1 fully saturated rings. The van der Waals surface area contributed by atoms with Crippen LogP contribution in [0.2, 0.25) is 0 Å². The smallest absolute Gasteiger partial charge is 0.321 e. The van der Waals surface area contributed by atoms with Crippen molar-refractivity contribution in [2.75, 3.05) is 19.7 Å². The number of hydrogen-bond donors (Lipinski definition) is 2. The molecule has 1 rings (SSSR count). The van der Waals surface area contributed by atoms with Crippen molar-refractivity contribution in [3.63, 3.8) is 0 Å². The van der Waals surface area contributed by atoms with E-state index >= 15 is 0 Å². The van der Waals surface area contributed by atoms with Gasteiger partial charge in [0.05, 0.1) is 18.2 Å². The number of carbonyl (C=O) groups is 2. The van der Waals surface area contributed by atoms with Crippen molar-refractivity contribution < 1.29 is 14.3 Å². The Morgan fingerprint density at radius 2 is 2.00 bits per heavy atom. The highest BCUT2D eigenvalue weighted by Crippen LogP contribution is 2.22. The molecule has 0 radical (unpaired) electrons. The van der Waals surface area contributed by atoms with Gasteiger partial charge in [0.15, 0.2) is 0 Å². The molecule has 6 heteroatoms. The molecule has 0 saturated carbocycles. The molecule has 21 heavy (non-hydrogen) atoms. The summed E-state index contributed by atoms with van der Waals surface area (Å²) < 4.78 is 5.77. The third-order valence-electron chi connectivity index (χ3n) is 3.77. The Labute approximate surface area is 127 Å². The van der Waals surface area contributed by atoms with Crippen LogP contribution in [0.4, 0.5) is 4.79 Å². The van der Waals surface area contributed by atoms with E-state index in [-0.39, 0.29) is 23.1 Å². The minimum Gasteiger partial charge on any atom is -0.373 e. The number of morpholine rings is 1. The summed E-state index contributed by atoms with van der Waals surface area (Å²) in [5.74, 6) is -0.280. The topological polar surface area (TPSA) is 70.7 Å². The van der Waals surface area contributed by atoms with E-state index < -0.39 is 6.03 Å². The van der Waals surface area contributed by atoms with Gasteiger partial charge in [-0.1, -0.05) is 6.92 Å². The predicted octanol–water partition coefficient (Wildman–Crippen LogP) is 1.50. The average Bonchev–Trinajstić information content (AvgIpc) is 2.35. The lowest BCUT2D eigenvalue weighted by atomic mass is 10.00. The van der Waals surface area contributed by atoms with Crippen molar-refractivity contribution in [2.45, 2.75) is 65.1 Å². The second-order valence-corrected chi connectivity index (χ2v) is 6.99. The van der Waals surface area contributed by atoms with Crippen LogP contribution in [0.3, 0.4) is 0 Å². The van der Waals surface area contributed by atoms with Crippen molar-refractivity contribution in [2.24, 2.45) is 0 Å². The number of nitrogens with zero attached hydrogens (tertiary/aromatic N) is 1. The minimum absolute atomic E-state index is 0.222. The summed E-state index contributed by atoms with van der Waals surface area (Å²) in [7, 11) is 0. The Bertz CT molecular complexity index is 392. The first kappa shape index (κ1) is 17.9. The predicted molar refractivity (Wildman–Crippen MR) is 82.1 cm³/mol. The molecule has 1 aliphatic rings. The molecule has 1 saturated heterocycles. The maximum Gasteiger partial charge on any atom is 0.321 e. The third kappa shape index (κ3) is 5.63. The first-order chi connectivity index (χ1) is 9.56. The van der Waals surface area contributed by atoms with Crippen LogP contribution in [0.25, 0.3) is 0 Å². The number of imide groups is 1. The molecular formula is C15H29N3O3. The Balaban J connectivity index is 2.56. The molecule has 1 heterocycles. The molecule has 2 atom stereocenters. The van der Waals surface area contributed by atoms with Gasteiger partial charge in [-0.3, -0.25) is 15.0 Å². The largest absolute Gasteiger partial charge is 0.373 e. The summed E-state index contributed by atoms with van der Waals surface area (Å²) in [5, 5.41) is 5.13. The van der Waals surface area contributed by atoms with Crippen molar-refractivity contribution in [3.05, 3.63) is 0 Å². The van der Waals surface area contributed by atoms with E-state index in [4.69, 9.17) is 4.74 Å².